The van der Waals surface area contributed by atoms with Crippen LogP contribution in [0.15, 0.2) is 46.9 Å². The predicted molar refractivity (Wildman–Crippen MR) is 93.6 cm³/mol. The molecule has 0 fully saturated rings. The average Bonchev–Trinajstić information content (AvgIpc) is 2.54. The third-order valence-electron chi connectivity index (χ3n) is 3.27. The molecule has 0 aliphatic heterocycles. The van der Waals surface area contributed by atoms with Crippen molar-refractivity contribution in [3.8, 4) is 5.75 Å². The van der Waals surface area contributed by atoms with Crippen molar-refractivity contribution in [3.63, 3.8) is 0 Å². The van der Waals surface area contributed by atoms with Crippen molar-refractivity contribution in [1.29, 1.82) is 0 Å². The van der Waals surface area contributed by atoms with E-state index in [0.29, 0.717) is 20.8 Å². The molecular weight excluding hydrogens is 401 g/mol. The number of benzene rings is 2. The molecule has 0 saturated heterocycles. The van der Waals surface area contributed by atoms with Crippen molar-refractivity contribution in [1.82, 2.24) is 5.32 Å². The lowest BCUT2D eigenvalue weighted by atomic mass is 10.1. The standard InChI is InChI=1S/C17H16BrClFNO3/c1-10(24-16-6-5-12(19)8-14(16)18)17(23)21-9-15(22)11-3-2-4-13(20)7-11/h2-8,10,15,22H,9H2,1H3,(H,21,23). The zero-order chi connectivity index (χ0) is 17.7. The Bertz CT molecular complexity index is 729. The number of hydrogen-bond acceptors (Lipinski definition) is 3. The first-order chi connectivity index (χ1) is 11.4. The molecule has 0 saturated carbocycles. The highest BCUT2D eigenvalue weighted by molar-refractivity contribution is 9.10. The molecule has 0 aromatic heterocycles. The number of aliphatic hydroxyl groups is 1. The molecule has 0 aliphatic rings. The normalized spacial score (nSPS) is 13.2. The van der Waals surface area contributed by atoms with Gasteiger partial charge in [0.1, 0.15) is 11.6 Å². The fourth-order valence-electron chi connectivity index (χ4n) is 1.99. The van der Waals surface area contributed by atoms with Crippen LogP contribution in [0, 0.1) is 5.82 Å². The Morgan fingerprint density at radius 2 is 2.12 bits per heavy atom. The van der Waals surface area contributed by atoms with Crippen LogP contribution in [0.25, 0.3) is 0 Å². The van der Waals surface area contributed by atoms with Crippen LogP contribution in [0.2, 0.25) is 5.02 Å². The van der Waals surface area contributed by atoms with E-state index in [-0.39, 0.29) is 6.54 Å². The fourth-order valence-corrected chi connectivity index (χ4v) is 2.76. The molecule has 2 N–H and O–H groups in total. The molecule has 0 bridgehead atoms. The number of carbonyl (C=O) groups excluding carboxylic acids is 1. The highest BCUT2D eigenvalue weighted by Crippen LogP contribution is 2.28. The number of aliphatic hydroxyl groups excluding tert-OH is 1. The second kappa shape index (κ2) is 8.46. The van der Waals surface area contributed by atoms with E-state index >= 15 is 0 Å². The number of hydrogen-bond donors (Lipinski definition) is 2. The van der Waals surface area contributed by atoms with Crippen molar-refractivity contribution in [2.45, 2.75) is 19.1 Å². The van der Waals surface area contributed by atoms with Crippen LogP contribution >= 0.6 is 27.5 Å². The summed E-state index contributed by atoms with van der Waals surface area (Å²) in [6.07, 6.45) is -1.78. The van der Waals surface area contributed by atoms with Gasteiger partial charge in [0.05, 0.1) is 10.6 Å². The lowest BCUT2D eigenvalue weighted by molar-refractivity contribution is -0.127. The van der Waals surface area contributed by atoms with E-state index in [1.165, 1.54) is 18.2 Å². The van der Waals surface area contributed by atoms with Crippen LogP contribution in [0.5, 0.6) is 5.75 Å². The Kier molecular flexibility index (Phi) is 6.60. The minimum atomic E-state index is -1.00. The van der Waals surface area contributed by atoms with Gasteiger partial charge in [-0.3, -0.25) is 4.79 Å². The van der Waals surface area contributed by atoms with Crippen molar-refractivity contribution < 1.29 is 19.0 Å². The second-order valence-electron chi connectivity index (χ2n) is 5.15. The van der Waals surface area contributed by atoms with Gasteiger partial charge < -0.3 is 15.2 Å². The molecule has 2 unspecified atom stereocenters. The van der Waals surface area contributed by atoms with Crippen molar-refractivity contribution >= 4 is 33.4 Å². The SMILES string of the molecule is CC(Oc1ccc(Cl)cc1Br)C(=O)NCC(O)c1cccc(F)c1. The fraction of sp³-hybridized carbons (Fsp3) is 0.235. The highest BCUT2D eigenvalue weighted by Gasteiger charge is 2.18. The first kappa shape index (κ1) is 18.7. The van der Waals surface area contributed by atoms with Crippen molar-refractivity contribution in [3.05, 3.63) is 63.3 Å². The van der Waals surface area contributed by atoms with Crippen LogP contribution < -0.4 is 10.1 Å². The quantitative estimate of drug-likeness (QED) is 0.752. The monoisotopic (exact) mass is 415 g/mol. The van der Waals surface area contributed by atoms with Gasteiger partial charge in [0.2, 0.25) is 0 Å². The van der Waals surface area contributed by atoms with Gasteiger partial charge in [0, 0.05) is 11.6 Å². The Morgan fingerprint density at radius 3 is 2.79 bits per heavy atom. The first-order valence-electron chi connectivity index (χ1n) is 7.19. The Morgan fingerprint density at radius 1 is 1.38 bits per heavy atom. The van der Waals surface area contributed by atoms with E-state index in [1.54, 1.807) is 31.2 Å². The minimum Gasteiger partial charge on any atom is -0.480 e. The molecule has 0 heterocycles. The van der Waals surface area contributed by atoms with Crippen LogP contribution in [0.1, 0.15) is 18.6 Å². The van der Waals surface area contributed by atoms with Gasteiger partial charge in [0.25, 0.3) is 5.91 Å². The topological polar surface area (TPSA) is 58.6 Å². The molecule has 2 atom stereocenters. The molecule has 0 spiro atoms. The maximum absolute atomic E-state index is 13.1. The lowest BCUT2D eigenvalue weighted by Crippen LogP contribution is -2.38. The summed E-state index contributed by atoms with van der Waals surface area (Å²) in [5, 5.41) is 13.1. The Balaban J connectivity index is 1.89. The zero-order valence-corrected chi connectivity index (χ0v) is 15.1. The number of amides is 1. The van der Waals surface area contributed by atoms with Gasteiger partial charge in [0.15, 0.2) is 6.10 Å². The summed E-state index contributed by atoms with van der Waals surface area (Å²) in [6, 6.07) is 10.6. The van der Waals surface area contributed by atoms with Crippen LogP contribution in [0.3, 0.4) is 0 Å². The summed E-state index contributed by atoms with van der Waals surface area (Å²) in [5.74, 6) is -0.359. The number of carbonyl (C=O) groups is 1. The predicted octanol–water partition coefficient (Wildman–Crippen LogP) is 3.86. The molecule has 4 nitrogen and oxygen atoms in total. The third kappa shape index (κ3) is 5.19. The number of rotatable bonds is 6. The molecule has 7 heteroatoms. The molecule has 2 aromatic rings. The molecule has 2 rings (SSSR count). The van der Waals surface area contributed by atoms with E-state index < -0.39 is 23.9 Å². The van der Waals surface area contributed by atoms with Gasteiger partial charge in [-0.05, 0) is 58.7 Å². The van der Waals surface area contributed by atoms with Gasteiger partial charge in [-0.25, -0.2) is 4.39 Å². The number of ether oxygens (including phenoxy) is 1. The highest BCUT2D eigenvalue weighted by atomic mass is 79.9. The molecule has 1 amide bonds. The van der Waals surface area contributed by atoms with Gasteiger partial charge >= 0.3 is 0 Å². The van der Waals surface area contributed by atoms with E-state index in [0.717, 1.165) is 0 Å². The van der Waals surface area contributed by atoms with E-state index in [1.807, 2.05) is 0 Å². The van der Waals surface area contributed by atoms with Gasteiger partial charge in [-0.15, -0.1) is 0 Å². The van der Waals surface area contributed by atoms with Crippen LogP contribution in [-0.2, 0) is 4.79 Å². The summed E-state index contributed by atoms with van der Waals surface area (Å²) in [4.78, 5) is 12.1. The molecule has 0 radical (unpaired) electrons. The van der Waals surface area contributed by atoms with Gasteiger partial charge in [-0.1, -0.05) is 23.7 Å². The van der Waals surface area contributed by atoms with Crippen LogP contribution in [0.4, 0.5) is 4.39 Å². The zero-order valence-electron chi connectivity index (χ0n) is 12.8. The summed E-state index contributed by atoms with van der Waals surface area (Å²) in [6.45, 7) is 1.54. The molecular formula is C17H16BrClFNO3. The molecule has 0 aliphatic carbocycles. The van der Waals surface area contributed by atoms with Gasteiger partial charge in [-0.2, -0.15) is 0 Å². The third-order valence-corrected chi connectivity index (χ3v) is 4.12. The summed E-state index contributed by atoms with van der Waals surface area (Å²) >= 11 is 9.16. The summed E-state index contributed by atoms with van der Waals surface area (Å²) in [5.41, 5.74) is 0.393. The maximum Gasteiger partial charge on any atom is 0.260 e. The molecule has 128 valence electrons. The lowest BCUT2D eigenvalue weighted by Gasteiger charge is -2.17. The number of halogens is 3. The average molecular weight is 417 g/mol. The smallest absolute Gasteiger partial charge is 0.260 e. The largest absolute Gasteiger partial charge is 0.480 e. The second-order valence-corrected chi connectivity index (χ2v) is 6.44. The minimum absolute atomic E-state index is 0.0439. The number of nitrogens with one attached hydrogen (secondary N) is 1. The molecule has 2 aromatic carbocycles. The maximum atomic E-state index is 13.1. The summed E-state index contributed by atoms with van der Waals surface area (Å²) < 4.78 is 19.3. The van der Waals surface area contributed by atoms with Crippen LogP contribution in [-0.4, -0.2) is 23.7 Å². The van der Waals surface area contributed by atoms with E-state index in [4.69, 9.17) is 16.3 Å². The first-order valence-corrected chi connectivity index (χ1v) is 8.37. The Labute approximate surface area is 152 Å². The van der Waals surface area contributed by atoms with Crippen molar-refractivity contribution in [2.75, 3.05) is 6.54 Å². The molecule has 24 heavy (non-hydrogen) atoms. The van der Waals surface area contributed by atoms with E-state index in [2.05, 4.69) is 21.2 Å². The Hall–Kier alpha value is -1.63. The van der Waals surface area contributed by atoms with Crippen molar-refractivity contribution in [2.24, 2.45) is 0 Å². The summed E-state index contributed by atoms with van der Waals surface area (Å²) in [7, 11) is 0. The van der Waals surface area contributed by atoms with E-state index in [9.17, 15) is 14.3 Å².